The van der Waals surface area contributed by atoms with Crippen LogP contribution in [0.1, 0.15) is 45.4 Å². The van der Waals surface area contributed by atoms with E-state index >= 15 is 0 Å². The van der Waals surface area contributed by atoms with Crippen LogP contribution in [0.15, 0.2) is 12.1 Å². The number of hydrogen-bond donors (Lipinski definition) is 2. The molecular formula is C16H27N3O2. The van der Waals surface area contributed by atoms with Crippen molar-refractivity contribution in [1.82, 2.24) is 4.98 Å². The smallest absolute Gasteiger partial charge is 0.239 e. The maximum atomic E-state index is 9.37. The van der Waals surface area contributed by atoms with Crippen LogP contribution in [0.2, 0.25) is 0 Å². The summed E-state index contributed by atoms with van der Waals surface area (Å²) in [4.78, 5) is 6.78. The molecule has 1 aliphatic carbocycles. The van der Waals surface area contributed by atoms with Crippen LogP contribution in [0.25, 0.3) is 0 Å². The Balaban J connectivity index is 2.18. The third kappa shape index (κ3) is 4.24. The van der Waals surface area contributed by atoms with Crippen molar-refractivity contribution in [3.63, 3.8) is 0 Å². The average Bonchev–Trinajstić information content (AvgIpc) is 2.53. The van der Waals surface area contributed by atoms with E-state index in [2.05, 4.69) is 16.8 Å². The number of aliphatic hydroxyl groups excluding tert-OH is 1. The molecule has 118 valence electrons. The van der Waals surface area contributed by atoms with Gasteiger partial charge in [-0.25, -0.2) is 0 Å². The highest BCUT2D eigenvalue weighted by atomic mass is 16.5. The molecule has 5 heteroatoms. The van der Waals surface area contributed by atoms with E-state index in [0.29, 0.717) is 30.8 Å². The zero-order valence-electron chi connectivity index (χ0n) is 12.9. The van der Waals surface area contributed by atoms with Gasteiger partial charge in [0, 0.05) is 12.6 Å². The summed E-state index contributed by atoms with van der Waals surface area (Å²) in [6.45, 7) is 3.41. The molecule has 0 spiro atoms. The van der Waals surface area contributed by atoms with E-state index in [0.717, 1.165) is 25.1 Å². The Morgan fingerprint density at radius 1 is 1.33 bits per heavy atom. The van der Waals surface area contributed by atoms with E-state index in [4.69, 9.17) is 10.5 Å². The van der Waals surface area contributed by atoms with Crippen molar-refractivity contribution < 1.29 is 9.84 Å². The molecule has 1 aromatic heterocycles. The minimum atomic E-state index is 0.133. The highest BCUT2D eigenvalue weighted by Gasteiger charge is 2.22. The van der Waals surface area contributed by atoms with Crippen molar-refractivity contribution in [2.45, 2.75) is 51.5 Å². The summed E-state index contributed by atoms with van der Waals surface area (Å²) < 4.78 is 5.62. The maximum Gasteiger partial charge on any atom is 0.239 e. The fraction of sp³-hybridized carbons (Fsp3) is 0.688. The molecule has 0 amide bonds. The van der Waals surface area contributed by atoms with Crippen molar-refractivity contribution in [1.29, 1.82) is 0 Å². The van der Waals surface area contributed by atoms with Crippen LogP contribution in [0.4, 0.5) is 11.5 Å². The van der Waals surface area contributed by atoms with E-state index < -0.39 is 0 Å². The molecular weight excluding hydrogens is 266 g/mol. The van der Waals surface area contributed by atoms with Crippen molar-refractivity contribution in [2.75, 3.05) is 30.4 Å². The molecule has 3 N–H and O–H groups in total. The summed E-state index contributed by atoms with van der Waals surface area (Å²) in [7, 11) is 0. The fourth-order valence-corrected chi connectivity index (χ4v) is 2.90. The third-order valence-electron chi connectivity index (χ3n) is 3.97. The lowest BCUT2D eigenvalue weighted by Gasteiger charge is -2.35. The Hall–Kier alpha value is -1.49. The van der Waals surface area contributed by atoms with Crippen LogP contribution in [0, 0.1) is 0 Å². The summed E-state index contributed by atoms with van der Waals surface area (Å²) in [6.07, 6.45) is 7.06. The summed E-state index contributed by atoms with van der Waals surface area (Å²) in [5.74, 6) is 1.37. The van der Waals surface area contributed by atoms with E-state index in [1.54, 1.807) is 0 Å². The summed E-state index contributed by atoms with van der Waals surface area (Å²) in [5.41, 5.74) is 6.50. The Morgan fingerprint density at radius 3 is 2.76 bits per heavy atom. The monoisotopic (exact) mass is 293 g/mol. The van der Waals surface area contributed by atoms with E-state index in [1.807, 2.05) is 12.1 Å². The number of pyridine rings is 1. The number of anilines is 2. The van der Waals surface area contributed by atoms with Gasteiger partial charge in [0.1, 0.15) is 5.82 Å². The van der Waals surface area contributed by atoms with Crippen molar-refractivity contribution >= 4 is 11.5 Å². The molecule has 1 aliphatic rings. The fourth-order valence-electron chi connectivity index (χ4n) is 2.90. The lowest BCUT2D eigenvalue weighted by molar-refractivity contribution is 0.287. The van der Waals surface area contributed by atoms with Crippen LogP contribution in [-0.4, -0.2) is 35.9 Å². The zero-order valence-corrected chi connectivity index (χ0v) is 12.9. The number of rotatable bonds is 7. The Kier molecular flexibility index (Phi) is 6.11. The number of nitrogen functional groups attached to an aromatic ring is 1. The summed E-state index contributed by atoms with van der Waals surface area (Å²) >= 11 is 0. The molecule has 0 radical (unpaired) electrons. The van der Waals surface area contributed by atoms with Gasteiger partial charge >= 0.3 is 0 Å². The van der Waals surface area contributed by atoms with Crippen LogP contribution in [0.5, 0.6) is 5.88 Å². The minimum absolute atomic E-state index is 0.133. The van der Waals surface area contributed by atoms with Crippen LogP contribution in [-0.2, 0) is 0 Å². The molecule has 0 aromatic carbocycles. The molecule has 2 rings (SSSR count). The molecule has 0 bridgehead atoms. The van der Waals surface area contributed by atoms with Gasteiger partial charge in [0.2, 0.25) is 5.88 Å². The van der Waals surface area contributed by atoms with Crippen LogP contribution in [0.3, 0.4) is 0 Å². The minimum Gasteiger partial charge on any atom is -0.476 e. The van der Waals surface area contributed by atoms with Gasteiger partial charge < -0.3 is 20.5 Å². The standard InChI is InChI=1S/C16H27N3O2/c1-2-12-21-16-14(17)8-9-15(18-16)19(10-11-20)13-6-4-3-5-7-13/h8-9,13,20H,2-7,10-12,17H2,1H3. The second kappa shape index (κ2) is 8.08. The second-order valence-corrected chi connectivity index (χ2v) is 5.62. The quantitative estimate of drug-likeness (QED) is 0.808. The van der Waals surface area contributed by atoms with Crippen LogP contribution >= 0.6 is 0 Å². The molecule has 0 saturated heterocycles. The predicted molar refractivity (Wildman–Crippen MR) is 85.7 cm³/mol. The average molecular weight is 293 g/mol. The first kappa shape index (κ1) is 15.9. The first-order valence-electron chi connectivity index (χ1n) is 8.03. The maximum absolute atomic E-state index is 9.37. The predicted octanol–water partition coefficient (Wildman–Crippen LogP) is 2.58. The van der Waals surface area contributed by atoms with Gasteiger partial charge in [-0.15, -0.1) is 0 Å². The van der Waals surface area contributed by atoms with Crippen molar-refractivity contribution in [3.8, 4) is 5.88 Å². The first-order valence-corrected chi connectivity index (χ1v) is 8.03. The van der Waals surface area contributed by atoms with Crippen LogP contribution < -0.4 is 15.4 Å². The Labute approximate surface area is 127 Å². The van der Waals surface area contributed by atoms with Gasteiger partial charge in [-0.2, -0.15) is 4.98 Å². The van der Waals surface area contributed by atoms with Gasteiger partial charge in [0.05, 0.1) is 18.9 Å². The third-order valence-corrected chi connectivity index (χ3v) is 3.97. The molecule has 1 heterocycles. The van der Waals surface area contributed by atoms with Gasteiger partial charge in [-0.05, 0) is 31.4 Å². The van der Waals surface area contributed by atoms with E-state index in [1.165, 1.54) is 19.3 Å². The highest BCUT2D eigenvalue weighted by molar-refractivity contribution is 5.55. The van der Waals surface area contributed by atoms with Crippen molar-refractivity contribution in [2.24, 2.45) is 0 Å². The zero-order chi connectivity index (χ0) is 15.1. The number of nitrogens with zero attached hydrogens (tertiary/aromatic N) is 2. The lowest BCUT2D eigenvalue weighted by Crippen LogP contribution is -2.39. The number of ether oxygens (including phenoxy) is 1. The van der Waals surface area contributed by atoms with Gasteiger partial charge in [0.25, 0.3) is 0 Å². The van der Waals surface area contributed by atoms with Gasteiger partial charge in [-0.1, -0.05) is 26.2 Å². The summed E-state index contributed by atoms with van der Waals surface area (Å²) in [6, 6.07) is 4.24. The topological polar surface area (TPSA) is 71.6 Å². The lowest BCUT2D eigenvalue weighted by atomic mass is 9.94. The summed E-state index contributed by atoms with van der Waals surface area (Å²) in [5, 5.41) is 9.37. The number of nitrogens with two attached hydrogens (primary N) is 1. The number of aliphatic hydroxyl groups is 1. The SMILES string of the molecule is CCCOc1nc(N(CCO)C2CCCCC2)ccc1N. The molecule has 0 atom stereocenters. The molecule has 1 saturated carbocycles. The second-order valence-electron chi connectivity index (χ2n) is 5.62. The first-order chi connectivity index (χ1) is 10.3. The van der Waals surface area contributed by atoms with Gasteiger partial charge in [-0.3, -0.25) is 0 Å². The molecule has 5 nitrogen and oxygen atoms in total. The normalized spacial score (nSPS) is 15.9. The van der Waals surface area contributed by atoms with E-state index in [9.17, 15) is 5.11 Å². The van der Waals surface area contributed by atoms with Crippen molar-refractivity contribution in [3.05, 3.63) is 12.1 Å². The molecule has 1 fully saturated rings. The molecule has 1 aromatic rings. The molecule has 0 unspecified atom stereocenters. The molecule has 0 aliphatic heterocycles. The largest absolute Gasteiger partial charge is 0.476 e. The number of hydrogen-bond acceptors (Lipinski definition) is 5. The van der Waals surface area contributed by atoms with E-state index in [-0.39, 0.29) is 6.61 Å². The highest BCUT2D eigenvalue weighted by Crippen LogP contribution is 2.29. The van der Waals surface area contributed by atoms with Gasteiger partial charge in [0.15, 0.2) is 0 Å². The number of aromatic nitrogens is 1. The molecule has 21 heavy (non-hydrogen) atoms. The Morgan fingerprint density at radius 2 is 2.10 bits per heavy atom. The Bertz CT molecular complexity index is 434.